The van der Waals surface area contributed by atoms with E-state index in [1.165, 1.54) is 16.2 Å². The third-order valence-electron chi connectivity index (χ3n) is 4.90. The number of hydrogen-bond acceptors (Lipinski definition) is 4. The molecule has 1 unspecified atom stereocenters. The molecule has 3 aromatic rings. The summed E-state index contributed by atoms with van der Waals surface area (Å²) < 4.78 is 0. The van der Waals surface area contributed by atoms with Crippen LogP contribution in [0.3, 0.4) is 0 Å². The van der Waals surface area contributed by atoms with Crippen LogP contribution in [0.1, 0.15) is 27.6 Å². The molecule has 2 aromatic carbocycles. The van der Waals surface area contributed by atoms with Gasteiger partial charge < -0.3 is 10.0 Å². The summed E-state index contributed by atoms with van der Waals surface area (Å²) in [5, 5.41) is 13.4. The smallest absolute Gasteiger partial charge is 0.295 e. The lowest BCUT2D eigenvalue weighted by atomic mass is 9.94. The van der Waals surface area contributed by atoms with Crippen LogP contribution in [0.25, 0.3) is 5.76 Å². The largest absolute Gasteiger partial charge is 0.507 e. The molecule has 29 heavy (non-hydrogen) atoms. The fraction of sp³-hybridized carbons (Fsp3) is 0.130. The Morgan fingerprint density at radius 1 is 1.10 bits per heavy atom. The van der Waals surface area contributed by atoms with Crippen LogP contribution in [0, 0.1) is 6.92 Å². The molecule has 1 aliphatic heterocycles. The maximum atomic E-state index is 13.0. The van der Waals surface area contributed by atoms with Gasteiger partial charge in [-0.3, -0.25) is 9.59 Å². The van der Waals surface area contributed by atoms with E-state index in [4.69, 9.17) is 11.6 Å². The van der Waals surface area contributed by atoms with Crippen molar-refractivity contribution >= 4 is 40.4 Å². The molecular formula is C23H18ClNO3S. The van der Waals surface area contributed by atoms with Crippen molar-refractivity contribution in [2.24, 2.45) is 0 Å². The normalized spacial score (nSPS) is 18.4. The van der Waals surface area contributed by atoms with E-state index in [-0.39, 0.29) is 11.3 Å². The predicted molar refractivity (Wildman–Crippen MR) is 115 cm³/mol. The van der Waals surface area contributed by atoms with E-state index < -0.39 is 17.7 Å². The first-order valence-corrected chi connectivity index (χ1v) is 10.3. The van der Waals surface area contributed by atoms with E-state index in [1.54, 1.807) is 24.3 Å². The standard InChI is InChI=1S/C23H18ClNO3S/c1-14-5-2-6-15(11-14)20-19(21(26)16-7-3-8-17(24)12-16)22(27)23(28)25(20)13-18-9-4-10-29-18/h2-12,20,26H,13H2,1H3/b21-19-. The Bertz CT molecular complexity index is 1120. The number of carbonyl (C=O) groups excluding carboxylic acids is 2. The number of aryl methyl sites for hydroxylation is 1. The molecule has 0 bridgehead atoms. The van der Waals surface area contributed by atoms with E-state index in [2.05, 4.69) is 0 Å². The van der Waals surface area contributed by atoms with Gasteiger partial charge in [-0.25, -0.2) is 0 Å². The van der Waals surface area contributed by atoms with Gasteiger partial charge >= 0.3 is 0 Å². The van der Waals surface area contributed by atoms with E-state index in [0.29, 0.717) is 17.1 Å². The monoisotopic (exact) mass is 423 g/mol. The second kappa shape index (κ2) is 7.85. The summed E-state index contributed by atoms with van der Waals surface area (Å²) in [4.78, 5) is 28.4. The number of ketones is 1. The summed E-state index contributed by atoms with van der Waals surface area (Å²) in [6, 6.07) is 17.4. The number of rotatable bonds is 4. The quantitative estimate of drug-likeness (QED) is 0.350. The number of thiophene rings is 1. The van der Waals surface area contributed by atoms with Gasteiger partial charge in [-0.15, -0.1) is 11.3 Å². The van der Waals surface area contributed by atoms with Crippen molar-refractivity contribution in [3.8, 4) is 0 Å². The first-order chi connectivity index (χ1) is 14.0. The number of aliphatic hydroxyl groups excluding tert-OH is 1. The summed E-state index contributed by atoms with van der Waals surface area (Å²) in [5.74, 6) is -1.52. The summed E-state index contributed by atoms with van der Waals surface area (Å²) >= 11 is 7.58. The third-order valence-corrected chi connectivity index (χ3v) is 6.00. The fourth-order valence-corrected chi connectivity index (χ4v) is 4.48. The second-order valence-electron chi connectivity index (χ2n) is 6.93. The van der Waals surface area contributed by atoms with Gasteiger partial charge in [0, 0.05) is 15.5 Å². The molecule has 1 saturated heterocycles. The van der Waals surface area contributed by atoms with Gasteiger partial charge in [0.1, 0.15) is 5.76 Å². The molecule has 6 heteroatoms. The van der Waals surface area contributed by atoms with Gasteiger partial charge in [-0.1, -0.05) is 59.6 Å². The molecule has 1 fully saturated rings. The van der Waals surface area contributed by atoms with Crippen molar-refractivity contribution < 1.29 is 14.7 Å². The van der Waals surface area contributed by atoms with Gasteiger partial charge in [0.2, 0.25) is 0 Å². The topological polar surface area (TPSA) is 57.6 Å². The van der Waals surface area contributed by atoms with Gasteiger partial charge in [-0.2, -0.15) is 0 Å². The number of hydrogen-bond donors (Lipinski definition) is 1. The van der Waals surface area contributed by atoms with Crippen molar-refractivity contribution in [3.63, 3.8) is 0 Å². The number of Topliss-reactive ketones (excluding diaryl/α,β-unsaturated/α-hetero) is 1. The molecule has 1 N–H and O–H groups in total. The molecule has 1 aromatic heterocycles. The van der Waals surface area contributed by atoms with Crippen LogP contribution in [0.5, 0.6) is 0 Å². The summed E-state index contributed by atoms with van der Waals surface area (Å²) in [7, 11) is 0. The molecule has 1 atom stereocenters. The second-order valence-corrected chi connectivity index (χ2v) is 8.40. The number of amides is 1. The van der Waals surface area contributed by atoms with E-state index in [9.17, 15) is 14.7 Å². The number of aliphatic hydroxyl groups is 1. The number of nitrogens with zero attached hydrogens (tertiary/aromatic N) is 1. The van der Waals surface area contributed by atoms with Gasteiger partial charge in [-0.05, 0) is 36.1 Å². The zero-order chi connectivity index (χ0) is 20.5. The number of benzene rings is 2. The number of halogens is 1. The lowest BCUT2D eigenvalue weighted by molar-refractivity contribution is -0.140. The van der Waals surface area contributed by atoms with Crippen LogP contribution in [0.15, 0.2) is 71.6 Å². The molecule has 2 heterocycles. The lowest BCUT2D eigenvalue weighted by Crippen LogP contribution is -2.28. The predicted octanol–water partition coefficient (Wildman–Crippen LogP) is 5.33. The molecule has 4 nitrogen and oxygen atoms in total. The maximum absolute atomic E-state index is 13.0. The minimum absolute atomic E-state index is 0.0828. The van der Waals surface area contributed by atoms with Crippen LogP contribution >= 0.6 is 22.9 Å². The fourth-order valence-electron chi connectivity index (χ4n) is 3.59. The van der Waals surface area contributed by atoms with Crippen molar-refractivity contribution in [1.82, 2.24) is 4.90 Å². The van der Waals surface area contributed by atoms with Crippen LogP contribution in [-0.4, -0.2) is 21.7 Å². The van der Waals surface area contributed by atoms with Crippen molar-refractivity contribution in [3.05, 3.63) is 98.2 Å². The molecule has 0 saturated carbocycles. The van der Waals surface area contributed by atoms with Gasteiger partial charge in [0.05, 0.1) is 18.2 Å². The molecule has 4 rings (SSSR count). The molecular weight excluding hydrogens is 406 g/mol. The lowest BCUT2D eigenvalue weighted by Gasteiger charge is -2.25. The highest BCUT2D eigenvalue weighted by Gasteiger charge is 2.46. The Balaban J connectivity index is 1.89. The zero-order valence-electron chi connectivity index (χ0n) is 15.6. The average molecular weight is 424 g/mol. The number of likely N-dealkylation sites (tertiary alicyclic amines) is 1. The van der Waals surface area contributed by atoms with Crippen LogP contribution in [0.4, 0.5) is 0 Å². The van der Waals surface area contributed by atoms with E-state index in [1.807, 2.05) is 48.7 Å². The number of carbonyl (C=O) groups is 2. The van der Waals surface area contributed by atoms with Crippen molar-refractivity contribution in [2.45, 2.75) is 19.5 Å². The maximum Gasteiger partial charge on any atom is 0.295 e. The van der Waals surface area contributed by atoms with Crippen molar-refractivity contribution in [1.29, 1.82) is 0 Å². The molecule has 1 aliphatic rings. The Morgan fingerprint density at radius 3 is 2.59 bits per heavy atom. The summed E-state index contributed by atoms with van der Waals surface area (Å²) in [6.07, 6.45) is 0. The van der Waals surface area contributed by atoms with Gasteiger partial charge in [0.25, 0.3) is 11.7 Å². The highest BCUT2D eigenvalue weighted by Crippen LogP contribution is 2.41. The van der Waals surface area contributed by atoms with Crippen LogP contribution in [-0.2, 0) is 16.1 Å². The van der Waals surface area contributed by atoms with Crippen LogP contribution < -0.4 is 0 Å². The minimum Gasteiger partial charge on any atom is -0.507 e. The Hall–Kier alpha value is -2.89. The van der Waals surface area contributed by atoms with E-state index >= 15 is 0 Å². The molecule has 0 spiro atoms. The molecule has 0 aliphatic carbocycles. The summed E-state index contributed by atoms with van der Waals surface area (Å²) in [5.41, 5.74) is 2.28. The summed E-state index contributed by atoms with van der Waals surface area (Å²) in [6.45, 7) is 2.25. The first-order valence-electron chi connectivity index (χ1n) is 9.09. The Labute approximate surface area is 177 Å². The van der Waals surface area contributed by atoms with E-state index in [0.717, 1.165) is 16.0 Å². The Kier molecular flexibility index (Phi) is 5.26. The average Bonchev–Trinajstić information content (AvgIpc) is 3.30. The highest BCUT2D eigenvalue weighted by atomic mass is 35.5. The van der Waals surface area contributed by atoms with Gasteiger partial charge in [0.15, 0.2) is 0 Å². The first kappa shape index (κ1) is 19.4. The zero-order valence-corrected chi connectivity index (χ0v) is 17.2. The molecule has 146 valence electrons. The van der Waals surface area contributed by atoms with Crippen LogP contribution in [0.2, 0.25) is 5.02 Å². The highest BCUT2D eigenvalue weighted by molar-refractivity contribution is 7.09. The minimum atomic E-state index is -0.689. The molecule has 0 radical (unpaired) electrons. The van der Waals surface area contributed by atoms with Crippen molar-refractivity contribution in [2.75, 3.05) is 0 Å². The SMILES string of the molecule is Cc1cccc(C2/C(=C(/O)c3cccc(Cl)c3)C(=O)C(=O)N2Cc2cccs2)c1. The molecule has 1 amide bonds. The third kappa shape index (κ3) is 3.71. The Morgan fingerprint density at radius 2 is 1.90 bits per heavy atom.